The molecule has 6 heteroatoms. The minimum absolute atomic E-state index is 0.0825. The molecule has 1 heterocycles. The zero-order valence-electron chi connectivity index (χ0n) is 14.9. The van der Waals surface area contributed by atoms with E-state index in [-0.39, 0.29) is 12.3 Å². The van der Waals surface area contributed by atoms with Crippen molar-refractivity contribution in [2.24, 2.45) is 0 Å². The second kappa shape index (κ2) is 7.58. The third kappa shape index (κ3) is 3.26. The highest BCUT2D eigenvalue weighted by Crippen LogP contribution is 2.66. The first-order valence-corrected chi connectivity index (χ1v) is 9.89. The van der Waals surface area contributed by atoms with E-state index in [0.29, 0.717) is 6.54 Å². The van der Waals surface area contributed by atoms with Crippen molar-refractivity contribution in [2.75, 3.05) is 14.2 Å². The van der Waals surface area contributed by atoms with Gasteiger partial charge in [0.15, 0.2) is 5.28 Å². The Bertz CT molecular complexity index is 829. The van der Waals surface area contributed by atoms with Gasteiger partial charge in [-0.15, -0.1) is 0 Å². The molecule has 0 aliphatic carbocycles. The van der Waals surface area contributed by atoms with Crippen LogP contribution in [-0.2, 0) is 25.0 Å². The van der Waals surface area contributed by atoms with Gasteiger partial charge in [-0.3, -0.25) is 9.36 Å². The minimum atomic E-state index is -3.57. The largest absolute Gasteiger partial charge is 0.360 e. The molecule has 26 heavy (non-hydrogen) atoms. The van der Waals surface area contributed by atoms with Crippen LogP contribution in [-0.4, -0.2) is 30.3 Å². The summed E-state index contributed by atoms with van der Waals surface area (Å²) in [4.78, 5) is 14.0. The average Bonchev–Trinajstić information content (AvgIpc) is 2.70. The smallest absolute Gasteiger partial charge is 0.317 e. The fraction of sp³-hybridized carbons (Fsp3) is 0.250. The van der Waals surface area contributed by atoms with E-state index in [9.17, 15) is 9.36 Å². The van der Waals surface area contributed by atoms with Crippen molar-refractivity contribution in [3.8, 4) is 0 Å². The van der Waals surface area contributed by atoms with Gasteiger partial charge in [-0.1, -0.05) is 66.7 Å². The van der Waals surface area contributed by atoms with E-state index in [0.717, 1.165) is 11.1 Å². The van der Waals surface area contributed by atoms with Crippen molar-refractivity contribution in [3.05, 3.63) is 77.9 Å². The van der Waals surface area contributed by atoms with Crippen LogP contribution < -0.4 is 0 Å². The number of amides is 1. The van der Waals surface area contributed by atoms with Crippen molar-refractivity contribution in [1.82, 2.24) is 4.90 Å². The van der Waals surface area contributed by atoms with Crippen LogP contribution in [0.25, 0.3) is 6.08 Å². The molecule has 1 aliphatic heterocycles. The zero-order chi connectivity index (χ0) is 18.6. The van der Waals surface area contributed by atoms with E-state index in [4.69, 9.17) is 9.05 Å². The number of rotatable bonds is 7. The number of β-lactam (4-membered cyclic amide) rings is 1. The Labute approximate surface area is 153 Å². The molecule has 0 N–H and O–H groups in total. The lowest BCUT2D eigenvalue weighted by atomic mass is 9.98. The summed E-state index contributed by atoms with van der Waals surface area (Å²) in [5, 5.41) is -1.11. The maximum atomic E-state index is 13.3. The summed E-state index contributed by atoms with van der Waals surface area (Å²) in [6.07, 6.45) is 3.72. The number of carbonyl (C=O) groups is 1. The van der Waals surface area contributed by atoms with Crippen molar-refractivity contribution < 1.29 is 18.4 Å². The SMILES string of the molecule is COP(=O)(OC)C1(/C=C/c2ccccc2)CC(=O)N1Cc1ccccc1. The molecule has 0 spiro atoms. The Morgan fingerprint density at radius 3 is 2.15 bits per heavy atom. The lowest BCUT2D eigenvalue weighted by Crippen LogP contribution is -2.61. The monoisotopic (exact) mass is 371 g/mol. The van der Waals surface area contributed by atoms with Gasteiger partial charge in [-0.05, 0) is 17.2 Å². The molecule has 1 atom stereocenters. The first-order chi connectivity index (χ1) is 12.5. The van der Waals surface area contributed by atoms with Crippen LogP contribution in [0.2, 0.25) is 0 Å². The van der Waals surface area contributed by atoms with Gasteiger partial charge in [0, 0.05) is 20.8 Å². The van der Waals surface area contributed by atoms with Crippen LogP contribution in [0.5, 0.6) is 0 Å². The molecule has 1 unspecified atom stereocenters. The van der Waals surface area contributed by atoms with Crippen LogP contribution in [0.1, 0.15) is 17.5 Å². The molecule has 2 aromatic rings. The maximum absolute atomic E-state index is 13.3. The molecule has 1 amide bonds. The molecule has 1 fully saturated rings. The van der Waals surface area contributed by atoms with Gasteiger partial charge >= 0.3 is 7.60 Å². The fourth-order valence-corrected chi connectivity index (χ4v) is 5.04. The first-order valence-electron chi connectivity index (χ1n) is 8.35. The van der Waals surface area contributed by atoms with Gasteiger partial charge in [0.25, 0.3) is 0 Å². The maximum Gasteiger partial charge on any atom is 0.360 e. The van der Waals surface area contributed by atoms with E-state index < -0.39 is 12.9 Å². The Kier molecular flexibility index (Phi) is 5.42. The molecule has 1 aliphatic rings. The molecule has 0 saturated carbocycles. The summed E-state index contributed by atoms with van der Waals surface area (Å²) in [7, 11) is -0.859. The quantitative estimate of drug-likeness (QED) is 0.537. The van der Waals surface area contributed by atoms with Crippen LogP contribution in [0.4, 0.5) is 0 Å². The predicted octanol–water partition coefficient (Wildman–Crippen LogP) is 4.31. The standard InChI is InChI=1S/C20H22NO4P/c1-24-26(23,25-2)20(14-13-17-9-5-3-6-10-17)15-19(22)21(20)16-18-11-7-4-8-12-18/h3-14H,15-16H2,1-2H3/b14-13+. The third-order valence-corrected chi connectivity index (χ3v) is 7.12. The molecular weight excluding hydrogens is 349 g/mol. The Balaban J connectivity index is 1.99. The highest BCUT2D eigenvalue weighted by molar-refractivity contribution is 7.56. The van der Waals surface area contributed by atoms with Crippen molar-refractivity contribution >= 4 is 19.6 Å². The molecule has 3 rings (SSSR count). The predicted molar refractivity (Wildman–Crippen MR) is 101 cm³/mol. The lowest BCUT2D eigenvalue weighted by Gasteiger charge is -2.51. The minimum Gasteiger partial charge on any atom is -0.317 e. The first kappa shape index (κ1) is 18.6. The molecule has 0 radical (unpaired) electrons. The molecule has 0 aromatic heterocycles. The van der Waals surface area contributed by atoms with Crippen LogP contribution in [0, 0.1) is 0 Å². The molecule has 5 nitrogen and oxygen atoms in total. The number of nitrogens with zero attached hydrogens (tertiary/aromatic N) is 1. The fourth-order valence-electron chi connectivity index (χ4n) is 3.20. The van der Waals surface area contributed by atoms with Crippen molar-refractivity contribution in [2.45, 2.75) is 18.2 Å². The topological polar surface area (TPSA) is 55.8 Å². The highest BCUT2D eigenvalue weighted by atomic mass is 31.2. The van der Waals surface area contributed by atoms with Crippen LogP contribution in [0.15, 0.2) is 66.7 Å². The molecule has 2 aromatic carbocycles. The second-order valence-electron chi connectivity index (χ2n) is 6.13. The lowest BCUT2D eigenvalue weighted by molar-refractivity contribution is -0.148. The van der Waals surface area contributed by atoms with Crippen molar-refractivity contribution in [1.29, 1.82) is 0 Å². The van der Waals surface area contributed by atoms with Gasteiger partial charge in [-0.2, -0.15) is 0 Å². The van der Waals surface area contributed by atoms with Gasteiger partial charge in [0.05, 0.1) is 6.42 Å². The summed E-state index contributed by atoms with van der Waals surface area (Å²) >= 11 is 0. The molecule has 1 saturated heterocycles. The Morgan fingerprint density at radius 1 is 1.04 bits per heavy atom. The van der Waals surface area contributed by atoms with E-state index in [1.807, 2.05) is 66.7 Å². The number of carbonyl (C=O) groups excluding carboxylic acids is 1. The highest BCUT2D eigenvalue weighted by Gasteiger charge is 2.62. The summed E-state index contributed by atoms with van der Waals surface area (Å²) in [5.41, 5.74) is 1.90. The van der Waals surface area contributed by atoms with Gasteiger partial charge in [0.2, 0.25) is 5.91 Å². The van der Waals surface area contributed by atoms with E-state index in [1.54, 1.807) is 11.0 Å². The molecule has 136 valence electrons. The number of hydrogen-bond donors (Lipinski definition) is 0. The van der Waals surface area contributed by atoms with Crippen LogP contribution in [0.3, 0.4) is 0 Å². The summed E-state index contributed by atoms with van der Waals surface area (Å²) in [5.74, 6) is -0.0825. The molecule has 0 bridgehead atoms. The Morgan fingerprint density at radius 2 is 1.62 bits per heavy atom. The number of benzene rings is 2. The zero-order valence-corrected chi connectivity index (χ0v) is 15.8. The van der Waals surface area contributed by atoms with Crippen molar-refractivity contribution in [3.63, 3.8) is 0 Å². The summed E-state index contributed by atoms with van der Waals surface area (Å²) in [6.45, 7) is 0.343. The third-order valence-electron chi connectivity index (χ3n) is 4.66. The summed E-state index contributed by atoms with van der Waals surface area (Å²) < 4.78 is 23.9. The van der Waals surface area contributed by atoms with Gasteiger partial charge in [0.1, 0.15) is 0 Å². The van der Waals surface area contributed by atoms with E-state index >= 15 is 0 Å². The Hall–Kier alpha value is -2.20. The van der Waals surface area contributed by atoms with Gasteiger partial charge < -0.3 is 13.9 Å². The normalized spacial score (nSPS) is 20.4. The molecular formula is C20H22NO4P. The van der Waals surface area contributed by atoms with E-state index in [1.165, 1.54) is 14.2 Å². The number of likely N-dealkylation sites (tertiary alicyclic amines) is 1. The second-order valence-corrected chi connectivity index (χ2v) is 8.63. The van der Waals surface area contributed by atoms with Crippen LogP contribution >= 0.6 is 7.60 Å². The average molecular weight is 371 g/mol. The van der Waals surface area contributed by atoms with E-state index in [2.05, 4.69) is 0 Å². The van der Waals surface area contributed by atoms with Gasteiger partial charge in [-0.25, -0.2) is 0 Å². The number of hydrogen-bond acceptors (Lipinski definition) is 4. The summed E-state index contributed by atoms with van der Waals surface area (Å²) in [6, 6.07) is 19.3.